The van der Waals surface area contributed by atoms with E-state index in [9.17, 15) is 26.3 Å². The van der Waals surface area contributed by atoms with Gasteiger partial charge in [-0.15, -0.1) is 10.2 Å². The molecule has 0 saturated carbocycles. The average Bonchev–Trinajstić information content (AvgIpc) is 3.41. The Bertz CT molecular complexity index is 999. The predicted octanol–water partition coefficient (Wildman–Crippen LogP) is 3.46. The van der Waals surface area contributed by atoms with E-state index < -0.39 is 24.3 Å². The zero-order chi connectivity index (χ0) is 27.8. The summed E-state index contributed by atoms with van der Waals surface area (Å²) in [5, 5.41) is 24.7. The van der Waals surface area contributed by atoms with Crippen molar-refractivity contribution in [3.8, 4) is 0 Å². The molecule has 2 N–H and O–H groups in total. The van der Waals surface area contributed by atoms with Gasteiger partial charge in [0.25, 0.3) is 0 Å². The molecule has 2 aliphatic rings. The number of carbonyl (C=O) groups is 2. The van der Waals surface area contributed by atoms with Crippen LogP contribution in [-0.4, -0.2) is 81.1 Å². The molecule has 2 fully saturated rings. The molecule has 0 radical (unpaired) electrons. The molecule has 2 aromatic rings. The highest BCUT2D eigenvalue weighted by Crippen LogP contribution is 2.35. The number of nitrogens with zero attached hydrogens (tertiary/aromatic N) is 4. The van der Waals surface area contributed by atoms with Gasteiger partial charge in [-0.2, -0.15) is 26.3 Å². The second-order valence-corrected chi connectivity index (χ2v) is 8.78. The van der Waals surface area contributed by atoms with Crippen molar-refractivity contribution in [3.63, 3.8) is 0 Å². The summed E-state index contributed by atoms with van der Waals surface area (Å²) in [6, 6.07) is 4.31. The van der Waals surface area contributed by atoms with Crippen molar-refractivity contribution >= 4 is 28.4 Å². The highest BCUT2D eigenvalue weighted by molar-refractivity contribution is 7.15. The fourth-order valence-corrected chi connectivity index (χ4v) is 4.12. The number of aryl methyl sites for hydroxylation is 1. The van der Waals surface area contributed by atoms with Crippen molar-refractivity contribution in [2.75, 3.05) is 18.1 Å². The summed E-state index contributed by atoms with van der Waals surface area (Å²) < 4.78 is 75.7. The lowest BCUT2D eigenvalue weighted by atomic mass is 10.0. The summed E-state index contributed by atoms with van der Waals surface area (Å²) in [5.74, 6) is -5.51. The molecule has 0 amide bonds. The molecule has 2 aromatic heterocycles. The van der Waals surface area contributed by atoms with Gasteiger partial charge in [-0.05, 0) is 31.4 Å². The van der Waals surface area contributed by atoms with Gasteiger partial charge in [0, 0.05) is 25.5 Å². The number of anilines is 1. The van der Waals surface area contributed by atoms with Crippen molar-refractivity contribution in [3.05, 3.63) is 35.1 Å². The largest absolute Gasteiger partial charge is 0.490 e. The molecule has 10 nitrogen and oxygen atoms in total. The van der Waals surface area contributed by atoms with E-state index in [-0.39, 0.29) is 12.2 Å². The van der Waals surface area contributed by atoms with Crippen LogP contribution in [0.5, 0.6) is 0 Å². The number of aromatic nitrogens is 3. The van der Waals surface area contributed by atoms with Gasteiger partial charge in [-0.25, -0.2) is 9.59 Å². The first-order valence-corrected chi connectivity index (χ1v) is 11.3. The topological polar surface area (TPSA) is 135 Å². The van der Waals surface area contributed by atoms with Gasteiger partial charge in [0.2, 0.25) is 5.13 Å². The fourth-order valence-electron chi connectivity index (χ4n) is 3.37. The first-order valence-electron chi connectivity index (χ1n) is 10.5. The maximum Gasteiger partial charge on any atom is 0.490 e. The van der Waals surface area contributed by atoms with Crippen LogP contribution >= 0.6 is 11.3 Å². The van der Waals surface area contributed by atoms with E-state index in [0.29, 0.717) is 12.6 Å². The van der Waals surface area contributed by atoms with Crippen LogP contribution in [0.1, 0.15) is 23.4 Å². The standard InChI is InChI=1S/C16H20N4O2S.2C2HF3O2/c1-11-18-19-16(23-11)20-9-14(15-13(20)5-3-7-21-15)22-10-12-4-2-6-17-8-12;2*3-2(4,5)1(6)7/h2,4,6,8,13-15H,3,5,7,9-10H2,1H3;2*(H,6,7)/t13-,14+,15+;;/m1../s1. The van der Waals surface area contributed by atoms with Crippen LogP contribution in [-0.2, 0) is 25.7 Å². The van der Waals surface area contributed by atoms with Gasteiger partial charge in [0.1, 0.15) is 17.2 Å². The quantitative estimate of drug-likeness (QED) is 0.536. The molecular weight excluding hydrogens is 538 g/mol. The minimum Gasteiger partial charge on any atom is -0.475 e. The van der Waals surface area contributed by atoms with E-state index in [1.165, 1.54) is 0 Å². The third kappa shape index (κ3) is 9.40. The molecule has 0 aromatic carbocycles. The van der Waals surface area contributed by atoms with Crippen molar-refractivity contribution in [1.82, 2.24) is 15.2 Å². The molecule has 0 bridgehead atoms. The number of ether oxygens (including phenoxy) is 2. The average molecular weight is 560 g/mol. The third-order valence-electron chi connectivity index (χ3n) is 4.91. The van der Waals surface area contributed by atoms with E-state index in [1.54, 1.807) is 17.5 Å². The normalized spacial score (nSPS) is 21.2. The first-order chi connectivity index (χ1) is 17.2. The molecule has 0 unspecified atom stereocenters. The molecule has 2 saturated heterocycles. The number of alkyl halides is 6. The Morgan fingerprint density at radius 2 is 1.78 bits per heavy atom. The summed E-state index contributed by atoms with van der Waals surface area (Å²) in [4.78, 5) is 24.3. The van der Waals surface area contributed by atoms with Crippen LogP contribution in [0, 0.1) is 6.92 Å². The number of carboxylic acid groups (broad SMARTS) is 2. The van der Waals surface area contributed by atoms with Gasteiger partial charge < -0.3 is 24.6 Å². The number of pyridine rings is 1. The second-order valence-electron chi connectivity index (χ2n) is 7.62. The summed E-state index contributed by atoms with van der Waals surface area (Å²) in [6.07, 6.45) is -4.16. The maximum absolute atomic E-state index is 10.6. The van der Waals surface area contributed by atoms with Crippen LogP contribution in [0.3, 0.4) is 0 Å². The molecule has 2 aliphatic heterocycles. The zero-order valence-corrected chi connectivity index (χ0v) is 19.9. The Labute approximate surface area is 209 Å². The highest BCUT2D eigenvalue weighted by Gasteiger charge is 2.46. The first kappa shape index (κ1) is 30.2. The highest BCUT2D eigenvalue weighted by atomic mass is 32.1. The van der Waals surface area contributed by atoms with Crippen molar-refractivity contribution in [2.24, 2.45) is 0 Å². The summed E-state index contributed by atoms with van der Waals surface area (Å²) in [7, 11) is 0. The Morgan fingerprint density at radius 1 is 1.16 bits per heavy atom. The smallest absolute Gasteiger partial charge is 0.475 e. The number of hydrogen-bond acceptors (Lipinski definition) is 9. The number of aliphatic carboxylic acids is 2. The molecule has 4 heterocycles. The molecule has 206 valence electrons. The minimum atomic E-state index is -5.08. The second kappa shape index (κ2) is 13.0. The fraction of sp³-hybridized carbons (Fsp3) is 0.550. The van der Waals surface area contributed by atoms with Crippen LogP contribution in [0.15, 0.2) is 24.5 Å². The van der Waals surface area contributed by atoms with Gasteiger partial charge >= 0.3 is 24.3 Å². The number of carboxylic acids is 2. The lowest BCUT2D eigenvalue weighted by Gasteiger charge is -2.31. The van der Waals surface area contributed by atoms with Gasteiger partial charge in [-0.1, -0.05) is 17.4 Å². The van der Waals surface area contributed by atoms with E-state index in [1.807, 2.05) is 25.3 Å². The number of rotatable bonds is 4. The van der Waals surface area contributed by atoms with Crippen molar-refractivity contribution in [1.29, 1.82) is 0 Å². The van der Waals surface area contributed by atoms with Crippen molar-refractivity contribution < 1.29 is 55.6 Å². The Kier molecular flexibility index (Phi) is 10.6. The van der Waals surface area contributed by atoms with Crippen LogP contribution in [0.25, 0.3) is 0 Å². The predicted molar refractivity (Wildman–Crippen MR) is 115 cm³/mol. The van der Waals surface area contributed by atoms with E-state index in [2.05, 4.69) is 20.1 Å². The minimum absolute atomic E-state index is 0.0599. The molecule has 3 atom stereocenters. The Balaban J connectivity index is 0.000000286. The molecular formula is C20H22F6N4O6S. The molecule has 4 rings (SSSR count). The van der Waals surface area contributed by atoms with Crippen LogP contribution in [0.2, 0.25) is 0 Å². The van der Waals surface area contributed by atoms with Crippen LogP contribution < -0.4 is 4.90 Å². The SMILES string of the molecule is Cc1nnc(N2C[C@H](OCc3cccnc3)[C@H]3OCCC[C@H]32)s1.O=C(O)C(F)(F)F.O=C(O)C(F)(F)F. The molecule has 0 aliphatic carbocycles. The Hall–Kier alpha value is -3.05. The monoisotopic (exact) mass is 560 g/mol. The van der Waals surface area contributed by atoms with Gasteiger partial charge in [-0.3, -0.25) is 4.98 Å². The summed E-state index contributed by atoms with van der Waals surface area (Å²) >= 11 is 1.64. The maximum atomic E-state index is 10.6. The number of fused-ring (bicyclic) bond motifs is 1. The number of halogens is 6. The lowest BCUT2D eigenvalue weighted by molar-refractivity contribution is -0.193. The van der Waals surface area contributed by atoms with Crippen LogP contribution in [0.4, 0.5) is 31.5 Å². The zero-order valence-electron chi connectivity index (χ0n) is 19.1. The van der Waals surface area contributed by atoms with E-state index in [0.717, 1.165) is 41.7 Å². The van der Waals surface area contributed by atoms with E-state index in [4.69, 9.17) is 29.3 Å². The Morgan fingerprint density at radius 3 is 2.27 bits per heavy atom. The van der Waals surface area contributed by atoms with Gasteiger partial charge in [0.15, 0.2) is 0 Å². The lowest BCUT2D eigenvalue weighted by Crippen LogP contribution is -2.42. The number of hydrogen-bond donors (Lipinski definition) is 2. The molecule has 37 heavy (non-hydrogen) atoms. The summed E-state index contributed by atoms with van der Waals surface area (Å²) in [6.45, 7) is 4.18. The third-order valence-corrected chi connectivity index (χ3v) is 5.79. The summed E-state index contributed by atoms with van der Waals surface area (Å²) in [5.41, 5.74) is 1.09. The van der Waals surface area contributed by atoms with E-state index >= 15 is 0 Å². The molecule has 0 spiro atoms. The molecule has 17 heteroatoms. The van der Waals surface area contributed by atoms with Crippen molar-refractivity contribution in [2.45, 2.75) is 57.0 Å². The van der Waals surface area contributed by atoms with Gasteiger partial charge in [0.05, 0.1) is 12.6 Å².